The summed E-state index contributed by atoms with van der Waals surface area (Å²) >= 11 is 5.63. The van der Waals surface area contributed by atoms with Gasteiger partial charge in [-0.3, -0.25) is 0 Å². The number of rotatable bonds is 6. The van der Waals surface area contributed by atoms with Crippen LogP contribution in [0, 0.1) is 0 Å². The van der Waals surface area contributed by atoms with E-state index in [1.54, 1.807) is 0 Å². The van der Waals surface area contributed by atoms with Crippen LogP contribution in [0.15, 0.2) is 23.3 Å². The Balaban J connectivity index is 3.63. The van der Waals surface area contributed by atoms with Gasteiger partial charge in [0.05, 0.1) is 0 Å². The highest BCUT2D eigenvalue weighted by atomic mass is 35.5. The highest BCUT2D eigenvalue weighted by molar-refractivity contribution is 6.19. The van der Waals surface area contributed by atoms with Gasteiger partial charge in [0.2, 0.25) is 0 Å². The van der Waals surface area contributed by atoms with Crippen molar-refractivity contribution in [1.82, 2.24) is 0 Å². The van der Waals surface area contributed by atoms with Crippen LogP contribution in [-0.2, 0) is 0 Å². The average Bonchev–Trinajstić information content (AvgIpc) is 2.14. The van der Waals surface area contributed by atoms with Crippen LogP contribution < -0.4 is 0 Å². The smallest absolute Gasteiger partial charge is 0.0465 e. The van der Waals surface area contributed by atoms with Gasteiger partial charge in [-0.25, -0.2) is 0 Å². The largest absolute Gasteiger partial charge is 0.396 e. The van der Waals surface area contributed by atoms with E-state index in [0.29, 0.717) is 5.88 Å². The molecule has 0 aromatic rings. The maximum Gasteiger partial charge on any atom is 0.0465 e. The SMILES string of the molecule is C/C(=C\CC/C(C)=C/CCO)CCl. The lowest BCUT2D eigenvalue weighted by molar-refractivity contribution is 0.302. The van der Waals surface area contributed by atoms with Gasteiger partial charge in [0.25, 0.3) is 0 Å². The van der Waals surface area contributed by atoms with E-state index in [1.165, 1.54) is 11.1 Å². The quantitative estimate of drug-likeness (QED) is 0.518. The van der Waals surface area contributed by atoms with Crippen LogP contribution in [0.2, 0.25) is 0 Å². The van der Waals surface area contributed by atoms with Crippen LogP contribution >= 0.6 is 11.6 Å². The summed E-state index contributed by atoms with van der Waals surface area (Å²) in [5.41, 5.74) is 2.57. The van der Waals surface area contributed by atoms with Gasteiger partial charge in [0.15, 0.2) is 0 Å². The summed E-state index contributed by atoms with van der Waals surface area (Å²) in [7, 11) is 0. The molecule has 0 aromatic carbocycles. The van der Waals surface area contributed by atoms with E-state index in [4.69, 9.17) is 16.7 Å². The molecule has 1 nitrogen and oxygen atoms in total. The monoisotopic (exact) mass is 202 g/mol. The summed E-state index contributed by atoms with van der Waals surface area (Å²) in [4.78, 5) is 0. The highest BCUT2D eigenvalue weighted by Gasteiger charge is 1.89. The number of aliphatic hydroxyl groups is 1. The highest BCUT2D eigenvalue weighted by Crippen LogP contribution is 2.07. The summed E-state index contributed by atoms with van der Waals surface area (Å²) in [5.74, 6) is 0.624. The van der Waals surface area contributed by atoms with Crippen molar-refractivity contribution in [2.75, 3.05) is 12.5 Å². The molecule has 0 heterocycles. The van der Waals surface area contributed by atoms with E-state index in [0.717, 1.165) is 19.3 Å². The fourth-order valence-electron chi connectivity index (χ4n) is 1.01. The molecule has 1 N–H and O–H groups in total. The zero-order valence-electron chi connectivity index (χ0n) is 8.52. The summed E-state index contributed by atoms with van der Waals surface area (Å²) in [6, 6.07) is 0. The minimum Gasteiger partial charge on any atom is -0.396 e. The second-order valence-corrected chi connectivity index (χ2v) is 3.55. The maximum atomic E-state index is 8.59. The van der Waals surface area contributed by atoms with E-state index in [9.17, 15) is 0 Å². The minimum atomic E-state index is 0.244. The van der Waals surface area contributed by atoms with Crippen molar-refractivity contribution in [3.05, 3.63) is 23.3 Å². The Hall–Kier alpha value is -0.270. The first-order valence-corrected chi connectivity index (χ1v) is 5.22. The lowest BCUT2D eigenvalue weighted by atomic mass is 10.1. The third-order valence-corrected chi connectivity index (χ3v) is 2.29. The maximum absolute atomic E-state index is 8.59. The van der Waals surface area contributed by atoms with Gasteiger partial charge in [-0.15, -0.1) is 11.6 Å². The Morgan fingerprint density at radius 3 is 2.31 bits per heavy atom. The van der Waals surface area contributed by atoms with Crippen molar-refractivity contribution in [1.29, 1.82) is 0 Å². The molecule has 0 fully saturated rings. The van der Waals surface area contributed by atoms with Crippen LogP contribution in [0.4, 0.5) is 0 Å². The zero-order chi connectivity index (χ0) is 10.1. The third kappa shape index (κ3) is 8.07. The molecule has 0 saturated carbocycles. The number of hydrogen-bond donors (Lipinski definition) is 1. The predicted molar refractivity (Wildman–Crippen MR) is 59.2 cm³/mol. The molecule has 0 unspecified atom stereocenters. The molecule has 0 radical (unpaired) electrons. The summed E-state index contributed by atoms with van der Waals surface area (Å²) in [5, 5.41) is 8.59. The molecular formula is C11H19ClO. The molecule has 0 aliphatic rings. The lowest BCUT2D eigenvalue weighted by Gasteiger charge is -1.98. The first-order valence-electron chi connectivity index (χ1n) is 4.68. The van der Waals surface area contributed by atoms with Crippen molar-refractivity contribution >= 4 is 11.6 Å². The number of allylic oxidation sites excluding steroid dienone is 3. The molecule has 2 heteroatoms. The average molecular weight is 203 g/mol. The third-order valence-electron chi connectivity index (χ3n) is 1.86. The van der Waals surface area contributed by atoms with E-state index >= 15 is 0 Å². The zero-order valence-corrected chi connectivity index (χ0v) is 9.27. The van der Waals surface area contributed by atoms with Crippen LogP contribution in [0.1, 0.15) is 33.1 Å². The molecule has 0 amide bonds. The van der Waals surface area contributed by atoms with E-state index in [-0.39, 0.29) is 6.61 Å². The Kier molecular flexibility index (Phi) is 8.16. The van der Waals surface area contributed by atoms with Gasteiger partial charge < -0.3 is 5.11 Å². The molecule has 0 aromatic heterocycles. The summed E-state index contributed by atoms with van der Waals surface area (Å²) in [6.45, 7) is 4.38. The fourth-order valence-corrected chi connectivity index (χ4v) is 1.12. The molecule has 76 valence electrons. The van der Waals surface area contributed by atoms with Gasteiger partial charge in [-0.1, -0.05) is 23.3 Å². The topological polar surface area (TPSA) is 20.2 Å². The molecule has 0 spiro atoms. The van der Waals surface area contributed by atoms with Crippen LogP contribution in [0.25, 0.3) is 0 Å². The van der Waals surface area contributed by atoms with Crippen LogP contribution in [0.3, 0.4) is 0 Å². The van der Waals surface area contributed by atoms with Crippen molar-refractivity contribution in [3.8, 4) is 0 Å². The predicted octanol–water partition coefficient (Wildman–Crippen LogP) is 3.28. The van der Waals surface area contributed by atoms with Gasteiger partial charge >= 0.3 is 0 Å². The summed E-state index contributed by atoms with van der Waals surface area (Å²) < 4.78 is 0. The molecule has 13 heavy (non-hydrogen) atoms. The minimum absolute atomic E-state index is 0.244. The Labute approximate surface area is 86.1 Å². The van der Waals surface area contributed by atoms with Crippen molar-refractivity contribution < 1.29 is 5.11 Å². The van der Waals surface area contributed by atoms with Crippen LogP contribution in [-0.4, -0.2) is 17.6 Å². The second kappa shape index (κ2) is 8.33. The van der Waals surface area contributed by atoms with Gasteiger partial charge in [-0.2, -0.15) is 0 Å². The Morgan fingerprint density at radius 2 is 1.77 bits per heavy atom. The van der Waals surface area contributed by atoms with E-state index in [2.05, 4.69) is 19.1 Å². The second-order valence-electron chi connectivity index (χ2n) is 3.29. The lowest BCUT2D eigenvalue weighted by Crippen LogP contribution is -1.82. The molecule has 0 rings (SSSR count). The summed E-state index contributed by atoms with van der Waals surface area (Å²) in [6.07, 6.45) is 7.14. The van der Waals surface area contributed by atoms with Gasteiger partial charge in [-0.05, 0) is 33.1 Å². The molecule has 0 aliphatic carbocycles. The molecular weight excluding hydrogens is 184 g/mol. The van der Waals surface area contributed by atoms with E-state index in [1.807, 2.05) is 6.92 Å². The van der Waals surface area contributed by atoms with E-state index < -0.39 is 0 Å². The van der Waals surface area contributed by atoms with Crippen LogP contribution in [0.5, 0.6) is 0 Å². The number of alkyl halides is 1. The number of aliphatic hydroxyl groups excluding tert-OH is 1. The first kappa shape index (κ1) is 12.7. The first-order chi connectivity index (χ1) is 6.20. The van der Waals surface area contributed by atoms with Gasteiger partial charge in [0.1, 0.15) is 0 Å². The Morgan fingerprint density at radius 1 is 1.15 bits per heavy atom. The van der Waals surface area contributed by atoms with Crippen molar-refractivity contribution in [3.63, 3.8) is 0 Å². The Bertz CT molecular complexity index is 183. The number of hydrogen-bond acceptors (Lipinski definition) is 1. The molecule has 0 bridgehead atoms. The fraction of sp³-hybridized carbons (Fsp3) is 0.636. The standard InChI is InChI=1S/C11H19ClO/c1-10(7-4-8-13)5-3-6-11(2)9-12/h6-7,13H,3-5,8-9H2,1-2H3/b10-7+,11-6+. The van der Waals surface area contributed by atoms with Crippen molar-refractivity contribution in [2.45, 2.75) is 33.1 Å². The normalized spacial score (nSPS) is 13.5. The van der Waals surface area contributed by atoms with Gasteiger partial charge in [0, 0.05) is 12.5 Å². The number of halogens is 1. The molecule has 0 atom stereocenters. The van der Waals surface area contributed by atoms with Crippen molar-refractivity contribution in [2.24, 2.45) is 0 Å². The molecule has 0 saturated heterocycles. The molecule has 0 aliphatic heterocycles.